The third kappa shape index (κ3) is 4.48. The number of nitrogens with zero attached hydrogens (tertiary/aromatic N) is 4. The molecule has 4 rings (SSSR count). The van der Waals surface area contributed by atoms with Crippen molar-refractivity contribution in [3.8, 4) is 0 Å². The molecule has 0 aromatic carbocycles. The van der Waals surface area contributed by atoms with Gasteiger partial charge in [0, 0.05) is 23.9 Å². The first-order chi connectivity index (χ1) is 16.1. The molecule has 1 fully saturated rings. The van der Waals surface area contributed by atoms with E-state index in [2.05, 4.69) is 15.3 Å². The first kappa shape index (κ1) is 24.4. The molecule has 1 aliphatic heterocycles. The summed E-state index contributed by atoms with van der Waals surface area (Å²) in [5.74, 6) is 0.300. The molecule has 1 aliphatic rings. The fraction of sp³-hybridized carbons (Fsp3) is 0.583. The second-order valence-corrected chi connectivity index (χ2v) is 10.5. The summed E-state index contributed by atoms with van der Waals surface area (Å²) in [6.07, 6.45) is 1.67. The summed E-state index contributed by atoms with van der Waals surface area (Å²) >= 11 is 1.57. The smallest absolute Gasteiger partial charge is 0.325 e. The highest BCUT2D eigenvalue weighted by atomic mass is 32.1. The van der Waals surface area contributed by atoms with Gasteiger partial charge in [0.1, 0.15) is 28.3 Å². The molecule has 0 spiro atoms. The Hall–Kier alpha value is -2.72. The predicted molar refractivity (Wildman–Crippen MR) is 132 cm³/mol. The molecular formula is C24H33N5O4S. The number of aromatic nitrogens is 3. The number of rotatable bonds is 7. The van der Waals surface area contributed by atoms with Crippen LogP contribution in [0.4, 0.5) is 0 Å². The lowest BCUT2D eigenvalue weighted by Crippen LogP contribution is -2.58. The Morgan fingerprint density at radius 3 is 2.82 bits per heavy atom. The van der Waals surface area contributed by atoms with Gasteiger partial charge in [-0.15, -0.1) is 11.3 Å². The van der Waals surface area contributed by atoms with E-state index in [0.717, 1.165) is 35.4 Å². The van der Waals surface area contributed by atoms with Crippen molar-refractivity contribution < 1.29 is 14.3 Å². The van der Waals surface area contributed by atoms with Crippen molar-refractivity contribution in [2.75, 3.05) is 19.7 Å². The zero-order chi connectivity index (χ0) is 24.6. The number of amides is 1. The molecule has 184 valence electrons. The Morgan fingerprint density at radius 1 is 1.35 bits per heavy atom. The Labute approximate surface area is 202 Å². The number of fused-ring (bicyclic) bond motifs is 3. The minimum atomic E-state index is -0.767. The van der Waals surface area contributed by atoms with Gasteiger partial charge in [0.25, 0.3) is 5.56 Å². The summed E-state index contributed by atoms with van der Waals surface area (Å²) in [7, 11) is 0. The number of piperidine rings is 1. The number of esters is 1. The highest BCUT2D eigenvalue weighted by Gasteiger charge is 2.38. The number of likely N-dealkylation sites (tertiary alicyclic amines) is 1. The quantitative estimate of drug-likeness (QED) is 0.515. The van der Waals surface area contributed by atoms with Crippen molar-refractivity contribution in [2.45, 2.75) is 71.5 Å². The minimum absolute atomic E-state index is 0.0760. The largest absolute Gasteiger partial charge is 0.465 e. The van der Waals surface area contributed by atoms with Crippen LogP contribution in [0.25, 0.3) is 15.7 Å². The van der Waals surface area contributed by atoms with E-state index >= 15 is 0 Å². The van der Waals surface area contributed by atoms with Gasteiger partial charge < -0.3 is 10.1 Å². The molecule has 10 heteroatoms. The first-order valence-corrected chi connectivity index (χ1v) is 12.7. The molecule has 0 radical (unpaired) electrons. The van der Waals surface area contributed by atoms with Crippen LogP contribution in [0.15, 0.2) is 22.3 Å². The number of thiophene rings is 1. The van der Waals surface area contributed by atoms with Crippen molar-refractivity contribution >= 4 is 38.9 Å². The SMILES string of the molecule is CCOC(=O)C(C)(C)N1CCCC(NC(=O)Cn2nc(C(C)C)n3c(cc4ccsc43)c2=O)C1. The van der Waals surface area contributed by atoms with Gasteiger partial charge in [0.05, 0.1) is 6.61 Å². The number of hydrogen-bond acceptors (Lipinski definition) is 7. The molecule has 4 heterocycles. The van der Waals surface area contributed by atoms with E-state index in [1.54, 1.807) is 18.3 Å². The average molecular weight is 488 g/mol. The maximum Gasteiger partial charge on any atom is 0.325 e. The fourth-order valence-corrected chi connectivity index (χ4v) is 5.49. The van der Waals surface area contributed by atoms with Gasteiger partial charge in [-0.05, 0) is 57.7 Å². The van der Waals surface area contributed by atoms with Crippen LogP contribution >= 0.6 is 11.3 Å². The summed E-state index contributed by atoms with van der Waals surface area (Å²) in [5, 5.41) is 10.6. The highest BCUT2D eigenvalue weighted by Crippen LogP contribution is 2.27. The van der Waals surface area contributed by atoms with Gasteiger partial charge >= 0.3 is 5.97 Å². The van der Waals surface area contributed by atoms with Crippen LogP contribution in [-0.2, 0) is 20.9 Å². The van der Waals surface area contributed by atoms with Gasteiger partial charge in [-0.2, -0.15) is 5.10 Å². The summed E-state index contributed by atoms with van der Waals surface area (Å²) in [4.78, 5) is 41.6. The number of hydrogen-bond donors (Lipinski definition) is 1. The number of carbonyl (C=O) groups is 2. The number of carbonyl (C=O) groups excluding carboxylic acids is 2. The molecule has 0 bridgehead atoms. The second-order valence-electron chi connectivity index (χ2n) is 9.65. The van der Waals surface area contributed by atoms with Gasteiger partial charge in [0.15, 0.2) is 0 Å². The molecule has 3 aromatic heterocycles. The van der Waals surface area contributed by atoms with Crippen LogP contribution < -0.4 is 10.9 Å². The third-order valence-corrected chi connectivity index (χ3v) is 7.39. The normalized spacial score (nSPS) is 17.5. The lowest BCUT2D eigenvalue weighted by molar-refractivity contribution is -0.156. The molecule has 9 nitrogen and oxygen atoms in total. The molecule has 1 unspecified atom stereocenters. The summed E-state index contributed by atoms with van der Waals surface area (Å²) in [6, 6.07) is 3.74. The molecular weight excluding hydrogens is 454 g/mol. The molecule has 3 aromatic rings. The van der Waals surface area contributed by atoms with E-state index < -0.39 is 5.54 Å². The first-order valence-electron chi connectivity index (χ1n) is 11.8. The maximum atomic E-state index is 13.2. The Morgan fingerprint density at radius 2 is 2.12 bits per heavy atom. The Balaban J connectivity index is 1.52. The molecule has 34 heavy (non-hydrogen) atoms. The molecule has 0 aliphatic carbocycles. The molecule has 1 atom stereocenters. The zero-order valence-corrected chi connectivity index (χ0v) is 21.3. The molecule has 1 N–H and O–H groups in total. The second kappa shape index (κ2) is 9.50. The number of nitrogens with one attached hydrogen (secondary N) is 1. The van der Waals surface area contributed by atoms with Crippen molar-refractivity contribution in [2.24, 2.45) is 0 Å². The van der Waals surface area contributed by atoms with Crippen LogP contribution in [0.3, 0.4) is 0 Å². The van der Waals surface area contributed by atoms with Crippen LogP contribution in [-0.4, -0.2) is 62.2 Å². The minimum Gasteiger partial charge on any atom is -0.465 e. The van der Waals surface area contributed by atoms with Crippen LogP contribution in [0.2, 0.25) is 0 Å². The maximum absolute atomic E-state index is 13.2. The van der Waals surface area contributed by atoms with E-state index in [1.165, 1.54) is 4.68 Å². The molecule has 0 saturated carbocycles. The Kier molecular flexibility index (Phi) is 6.82. The predicted octanol–water partition coefficient (Wildman–Crippen LogP) is 2.76. The lowest BCUT2D eigenvalue weighted by atomic mass is 9.96. The highest BCUT2D eigenvalue weighted by molar-refractivity contribution is 7.16. The zero-order valence-electron chi connectivity index (χ0n) is 20.5. The summed E-state index contributed by atoms with van der Waals surface area (Å²) in [6.45, 7) is 11.0. The van der Waals surface area contributed by atoms with Crippen molar-refractivity contribution in [3.05, 3.63) is 33.7 Å². The van der Waals surface area contributed by atoms with E-state index in [9.17, 15) is 14.4 Å². The van der Waals surface area contributed by atoms with Crippen molar-refractivity contribution in [3.63, 3.8) is 0 Å². The standard InChI is InChI=1S/C24H33N5O4S/c1-6-33-23(32)24(4,5)27-10-7-8-17(13-27)25-19(30)14-28-21(31)18-12-16-9-11-34-22(16)29(18)20(26-28)15(2)3/h9,11-12,15,17H,6-8,10,13-14H2,1-5H3,(H,25,30). The monoisotopic (exact) mass is 487 g/mol. The fourth-order valence-electron chi connectivity index (χ4n) is 4.58. The van der Waals surface area contributed by atoms with Gasteiger partial charge in [-0.1, -0.05) is 13.8 Å². The lowest BCUT2D eigenvalue weighted by Gasteiger charge is -2.41. The van der Waals surface area contributed by atoms with E-state index in [-0.39, 0.29) is 35.9 Å². The van der Waals surface area contributed by atoms with Crippen molar-refractivity contribution in [1.29, 1.82) is 0 Å². The van der Waals surface area contributed by atoms with Crippen LogP contribution in [0.5, 0.6) is 0 Å². The summed E-state index contributed by atoms with van der Waals surface area (Å²) in [5.41, 5.74) is -0.512. The van der Waals surface area contributed by atoms with Gasteiger partial charge in [-0.3, -0.25) is 23.7 Å². The number of ether oxygens (including phenoxy) is 1. The topological polar surface area (TPSA) is 97.9 Å². The van der Waals surface area contributed by atoms with Gasteiger partial charge in [-0.25, -0.2) is 4.68 Å². The molecule has 1 saturated heterocycles. The molecule has 1 amide bonds. The van der Waals surface area contributed by atoms with E-state index in [4.69, 9.17) is 4.74 Å². The van der Waals surface area contributed by atoms with E-state index in [1.807, 2.05) is 49.6 Å². The Bertz CT molecular complexity index is 1270. The van der Waals surface area contributed by atoms with Crippen LogP contribution in [0.1, 0.15) is 59.2 Å². The van der Waals surface area contributed by atoms with Crippen LogP contribution in [0, 0.1) is 0 Å². The third-order valence-electron chi connectivity index (χ3n) is 6.48. The van der Waals surface area contributed by atoms with Gasteiger partial charge in [0.2, 0.25) is 5.91 Å². The average Bonchev–Trinajstić information content (AvgIpc) is 3.38. The van der Waals surface area contributed by atoms with E-state index in [0.29, 0.717) is 18.7 Å². The van der Waals surface area contributed by atoms with Crippen molar-refractivity contribution in [1.82, 2.24) is 24.4 Å². The summed E-state index contributed by atoms with van der Waals surface area (Å²) < 4.78 is 8.42.